The Kier molecular flexibility index (Phi) is 3.62. The molecule has 0 aliphatic carbocycles. The summed E-state index contributed by atoms with van der Waals surface area (Å²) in [5, 5.41) is 0.757. The molecule has 3 aromatic rings. The van der Waals surface area contributed by atoms with Gasteiger partial charge >= 0.3 is 0 Å². The minimum absolute atomic E-state index is 0.0945. The number of H-pyrrole nitrogens is 1. The molecule has 3 heteroatoms. The number of nitrogens with one attached hydrogen (secondary N) is 1. The van der Waals surface area contributed by atoms with Crippen molar-refractivity contribution in [2.24, 2.45) is 0 Å². The zero-order valence-electron chi connectivity index (χ0n) is 13.1. The Labute approximate surface area is 135 Å². The third-order valence-corrected chi connectivity index (χ3v) is 4.63. The average Bonchev–Trinajstić information content (AvgIpc) is 2.63. The van der Waals surface area contributed by atoms with Gasteiger partial charge in [-0.15, -0.1) is 0 Å². The predicted molar refractivity (Wildman–Crippen MR) is 96.1 cm³/mol. The molecule has 0 spiro atoms. The summed E-state index contributed by atoms with van der Waals surface area (Å²) in [6.45, 7) is 2.05. The van der Waals surface area contributed by atoms with Gasteiger partial charge in [0.15, 0.2) is 5.43 Å². The van der Waals surface area contributed by atoms with Crippen molar-refractivity contribution in [2.75, 3.05) is 18.0 Å². The van der Waals surface area contributed by atoms with Crippen LogP contribution in [-0.4, -0.2) is 18.1 Å². The van der Waals surface area contributed by atoms with E-state index in [1.54, 1.807) is 6.07 Å². The molecule has 4 rings (SSSR count). The Balaban J connectivity index is 1.91. The van der Waals surface area contributed by atoms with Crippen LogP contribution in [0.5, 0.6) is 0 Å². The Morgan fingerprint density at radius 1 is 0.870 bits per heavy atom. The molecule has 23 heavy (non-hydrogen) atoms. The fraction of sp³-hybridized carbons (Fsp3) is 0.250. The Hall–Kier alpha value is -2.55. The zero-order valence-corrected chi connectivity index (χ0v) is 13.1. The van der Waals surface area contributed by atoms with Gasteiger partial charge in [-0.2, -0.15) is 0 Å². The highest BCUT2D eigenvalue weighted by molar-refractivity contribution is 5.94. The third-order valence-electron chi connectivity index (χ3n) is 4.63. The fourth-order valence-electron chi connectivity index (χ4n) is 3.42. The van der Waals surface area contributed by atoms with Crippen LogP contribution in [0.25, 0.3) is 22.0 Å². The highest BCUT2D eigenvalue weighted by Gasteiger charge is 2.14. The van der Waals surface area contributed by atoms with Crippen LogP contribution in [0.3, 0.4) is 0 Å². The lowest BCUT2D eigenvalue weighted by Gasteiger charge is -2.28. The summed E-state index contributed by atoms with van der Waals surface area (Å²) < 4.78 is 0. The molecule has 0 radical (unpaired) electrons. The van der Waals surface area contributed by atoms with Crippen molar-refractivity contribution >= 4 is 16.7 Å². The van der Waals surface area contributed by atoms with E-state index in [0.717, 1.165) is 40.9 Å². The summed E-state index contributed by atoms with van der Waals surface area (Å²) >= 11 is 0. The number of hydrogen-bond acceptors (Lipinski definition) is 2. The molecule has 1 saturated heterocycles. The van der Waals surface area contributed by atoms with Crippen LogP contribution in [0.1, 0.15) is 19.3 Å². The molecule has 3 nitrogen and oxygen atoms in total. The predicted octanol–water partition coefficient (Wildman–Crippen LogP) is 4.19. The third kappa shape index (κ3) is 2.63. The molecule has 0 unspecified atom stereocenters. The van der Waals surface area contributed by atoms with E-state index in [-0.39, 0.29) is 5.43 Å². The van der Waals surface area contributed by atoms with Gasteiger partial charge in [-0.05, 0) is 30.9 Å². The van der Waals surface area contributed by atoms with Gasteiger partial charge in [0.05, 0.1) is 5.52 Å². The standard InChI is InChI=1S/C20H20N2O/c23-18-14-19(22-12-5-2-6-13-22)21-20-16(10-7-11-17(18)20)15-8-3-1-4-9-15/h1,3-4,7-11,14H,2,5-6,12-13H2,(H,21,23). The molecule has 1 aromatic heterocycles. The summed E-state index contributed by atoms with van der Waals surface area (Å²) in [4.78, 5) is 18.4. The topological polar surface area (TPSA) is 36.1 Å². The normalized spacial score (nSPS) is 15.0. The van der Waals surface area contributed by atoms with Crippen LogP contribution in [0.4, 0.5) is 5.82 Å². The van der Waals surface area contributed by atoms with Crippen LogP contribution in [0.15, 0.2) is 59.4 Å². The van der Waals surface area contributed by atoms with Crippen LogP contribution < -0.4 is 10.3 Å². The lowest BCUT2D eigenvalue weighted by atomic mass is 10.0. The molecular formula is C20H20N2O. The van der Waals surface area contributed by atoms with Crippen LogP contribution in [-0.2, 0) is 0 Å². The Bertz CT molecular complexity index is 877. The maximum atomic E-state index is 12.6. The number of nitrogens with zero attached hydrogens (tertiary/aromatic N) is 1. The number of piperidine rings is 1. The van der Waals surface area contributed by atoms with E-state index in [0.29, 0.717) is 0 Å². The lowest BCUT2D eigenvalue weighted by Crippen LogP contribution is -2.31. The van der Waals surface area contributed by atoms with Crippen molar-refractivity contribution in [3.8, 4) is 11.1 Å². The van der Waals surface area contributed by atoms with Gasteiger partial charge in [0.25, 0.3) is 0 Å². The lowest BCUT2D eigenvalue weighted by molar-refractivity contribution is 0.574. The molecule has 2 aromatic carbocycles. The number of hydrogen-bond donors (Lipinski definition) is 1. The molecule has 0 bridgehead atoms. The van der Waals surface area contributed by atoms with Gasteiger partial charge in [-0.1, -0.05) is 42.5 Å². The molecule has 0 saturated carbocycles. The summed E-state index contributed by atoms with van der Waals surface area (Å²) in [5.41, 5.74) is 3.24. The summed E-state index contributed by atoms with van der Waals surface area (Å²) in [6.07, 6.45) is 3.67. The molecular weight excluding hydrogens is 284 g/mol. The number of para-hydroxylation sites is 1. The maximum absolute atomic E-state index is 12.6. The second-order valence-corrected chi connectivity index (χ2v) is 6.16. The van der Waals surface area contributed by atoms with E-state index in [4.69, 9.17) is 0 Å². The second-order valence-electron chi connectivity index (χ2n) is 6.16. The number of fused-ring (bicyclic) bond motifs is 1. The van der Waals surface area contributed by atoms with Crippen molar-refractivity contribution in [3.63, 3.8) is 0 Å². The monoisotopic (exact) mass is 304 g/mol. The molecule has 2 heterocycles. The summed E-state index contributed by atoms with van der Waals surface area (Å²) in [7, 11) is 0. The fourth-order valence-corrected chi connectivity index (χ4v) is 3.42. The van der Waals surface area contributed by atoms with Gasteiger partial charge in [0, 0.05) is 30.1 Å². The minimum Gasteiger partial charge on any atom is -0.358 e. The second kappa shape index (κ2) is 5.92. The summed E-state index contributed by atoms with van der Waals surface area (Å²) in [5.74, 6) is 0.950. The number of benzene rings is 2. The maximum Gasteiger partial charge on any atom is 0.191 e. The first-order valence-corrected chi connectivity index (χ1v) is 8.29. The van der Waals surface area contributed by atoms with Crippen molar-refractivity contribution in [1.82, 2.24) is 4.98 Å². The molecule has 1 aliphatic rings. The minimum atomic E-state index is 0.0945. The summed E-state index contributed by atoms with van der Waals surface area (Å²) in [6, 6.07) is 17.9. The highest BCUT2D eigenvalue weighted by Crippen LogP contribution is 2.27. The van der Waals surface area contributed by atoms with Gasteiger partial charge in [0.2, 0.25) is 0 Å². The van der Waals surface area contributed by atoms with Gasteiger partial charge < -0.3 is 9.88 Å². The Morgan fingerprint density at radius 3 is 2.43 bits per heavy atom. The first-order valence-electron chi connectivity index (χ1n) is 8.29. The van der Waals surface area contributed by atoms with Crippen LogP contribution in [0.2, 0.25) is 0 Å². The smallest absolute Gasteiger partial charge is 0.191 e. The van der Waals surface area contributed by atoms with Crippen molar-refractivity contribution in [3.05, 3.63) is 64.8 Å². The number of aromatic nitrogens is 1. The molecule has 1 fully saturated rings. The van der Waals surface area contributed by atoms with E-state index in [9.17, 15) is 4.79 Å². The van der Waals surface area contributed by atoms with Gasteiger partial charge in [0.1, 0.15) is 5.82 Å². The van der Waals surface area contributed by atoms with Crippen molar-refractivity contribution in [2.45, 2.75) is 19.3 Å². The SMILES string of the molecule is O=c1cc(N2CCCCC2)[nH]c2c(-c3ccccc3)cccc12. The number of anilines is 1. The van der Waals surface area contributed by atoms with E-state index in [1.807, 2.05) is 30.3 Å². The molecule has 0 atom stereocenters. The largest absolute Gasteiger partial charge is 0.358 e. The van der Waals surface area contributed by atoms with E-state index < -0.39 is 0 Å². The number of pyridine rings is 1. The van der Waals surface area contributed by atoms with Gasteiger partial charge in [-0.25, -0.2) is 0 Å². The molecule has 116 valence electrons. The zero-order chi connectivity index (χ0) is 15.6. The van der Waals surface area contributed by atoms with Crippen molar-refractivity contribution in [1.29, 1.82) is 0 Å². The highest BCUT2D eigenvalue weighted by atomic mass is 16.1. The van der Waals surface area contributed by atoms with E-state index in [1.165, 1.54) is 19.3 Å². The number of rotatable bonds is 2. The van der Waals surface area contributed by atoms with Gasteiger partial charge in [-0.3, -0.25) is 4.79 Å². The van der Waals surface area contributed by atoms with E-state index >= 15 is 0 Å². The molecule has 0 amide bonds. The first-order chi connectivity index (χ1) is 11.3. The molecule has 1 N–H and O–H groups in total. The van der Waals surface area contributed by atoms with E-state index in [2.05, 4.69) is 28.1 Å². The first kappa shape index (κ1) is 14.1. The van der Waals surface area contributed by atoms with Crippen LogP contribution >= 0.6 is 0 Å². The molecule has 1 aliphatic heterocycles. The average molecular weight is 304 g/mol. The Morgan fingerprint density at radius 2 is 1.65 bits per heavy atom. The number of aromatic amines is 1. The van der Waals surface area contributed by atoms with Crippen molar-refractivity contribution < 1.29 is 0 Å². The quantitative estimate of drug-likeness (QED) is 0.771. The van der Waals surface area contributed by atoms with Crippen LogP contribution in [0, 0.1) is 0 Å².